The number of rotatable bonds is 1. The first kappa shape index (κ1) is 15.0. The summed E-state index contributed by atoms with van der Waals surface area (Å²) in [5.41, 5.74) is 3.42. The van der Waals surface area contributed by atoms with Gasteiger partial charge in [-0.3, -0.25) is 0 Å². The van der Waals surface area contributed by atoms with Gasteiger partial charge in [0, 0.05) is 24.8 Å². The molecular weight excluding hydrogens is 308 g/mol. The van der Waals surface area contributed by atoms with Crippen LogP contribution in [-0.2, 0) is 0 Å². The van der Waals surface area contributed by atoms with Crippen molar-refractivity contribution in [2.24, 2.45) is 11.0 Å². The van der Waals surface area contributed by atoms with Gasteiger partial charge in [0.25, 0.3) is 0 Å². The number of fused-ring (bicyclic) bond motifs is 4. The third-order valence-corrected chi connectivity index (χ3v) is 5.94. The molecule has 5 rings (SSSR count). The van der Waals surface area contributed by atoms with E-state index in [1.807, 2.05) is 0 Å². The smallest absolute Gasteiger partial charge is 0.198 e. The van der Waals surface area contributed by atoms with Crippen molar-refractivity contribution in [2.75, 3.05) is 0 Å². The topological polar surface area (TPSA) is 24.8 Å². The van der Waals surface area contributed by atoms with Crippen LogP contribution in [0.5, 0.6) is 5.75 Å². The van der Waals surface area contributed by atoms with E-state index in [9.17, 15) is 0 Å². The highest BCUT2D eigenvalue weighted by Gasteiger charge is 2.51. The van der Waals surface area contributed by atoms with Crippen LogP contribution in [0.1, 0.15) is 56.2 Å². The monoisotopic (exact) mass is 332 g/mol. The molecule has 1 aliphatic carbocycles. The first-order valence-electron chi connectivity index (χ1n) is 9.45. The minimum Gasteiger partial charge on any atom is -0.466 e. The van der Waals surface area contributed by atoms with Crippen LogP contribution in [0.4, 0.5) is 0 Å². The Bertz CT molecular complexity index is 816. The summed E-state index contributed by atoms with van der Waals surface area (Å²) in [4.78, 5) is 0. The van der Waals surface area contributed by atoms with Crippen molar-refractivity contribution in [1.29, 1.82) is 0 Å². The molecule has 0 bridgehead atoms. The summed E-state index contributed by atoms with van der Waals surface area (Å²) in [5.74, 6) is 1.73. The summed E-state index contributed by atoms with van der Waals surface area (Å²) in [7, 11) is 0. The molecule has 25 heavy (non-hydrogen) atoms. The molecule has 2 aromatic rings. The number of hydrogen-bond acceptors (Lipinski definition) is 3. The van der Waals surface area contributed by atoms with Gasteiger partial charge in [0.2, 0.25) is 0 Å². The van der Waals surface area contributed by atoms with Crippen molar-refractivity contribution in [3.05, 3.63) is 65.7 Å². The maximum atomic E-state index is 6.65. The molecule has 0 aromatic heterocycles. The number of ether oxygens (including phenoxy) is 1. The van der Waals surface area contributed by atoms with E-state index < -0.39 is 0 Å². The summed E-state index contributed by atoms with van der Waals surface area (Å²) in [5, 5.41) is 7.43. The summed E-state index contributed by atoms with van der Waals surface area (Å²) in [6, 6.07) is 19.4. The summed E-state index contributed by atoms with van der Waals surface area (Å²) in [6.45, 7) is 2.34. The predicted molar refractivity (Wildman–Crippen MR) is 99.6 cm³/mol. The lowest BCUT2D eigenvalue weighted by molar-refractivity contribution is -0.149. The van der Waals surface area contributed by atoms with E-state index in [-0.39, 0.29) is 5.72 Å². The van der Waals surface area contributed by atoms with E-state index in [2.05, 4.69) is 66.5 Å². The van der Waals surface area contributed by atoms with Crippen LogP contribution in [0.2, 0.25) is 0 Å². The maximum absolute atomic E-state index is 6.65. The second kappa shape index (κ2) is 5.62. The van der Waals surface area contributed by atoms with E-state index in [1.54, 1.807) is 0 Å². The van der Waals surface area contributed by atoms with E-state index >= 15 is 0 Å². The number of nitrogens with zero attached hydrogens (tertiary/aromatic N) is 2. The minimum atomic E-state index is -0.271. The SMILES string of the molecule is C[C@@H]1CCC[C@@]2(C1)Oc1ccccc1[C@@H]1CC(c3ccccc3)=NN12. The Morgan fingerprint density at radius 3 is 2.72 bits per heavy atom. The Morgan fingerprint density at radius 1 is 1.08 bits per heavy atom. The van der Waals surface area contributed by atoms with Gasteiger partial charge in [-0.2, -0.15) is 5.10 Å². The minimum absolute atomic E-state index is 0.271. The quantitative estimate of drug-likeness (QED) is 0.722. The third-order valence-electron chi connectivity index (χ3n) is 5.94. The second-order valence-electron chi connectivity index (χ2n) is 7.76. The van der Waals surface area contributed by atoms with Crippen LogP contribution < -0.4 is 4.74 Å². The number of benzene rings is 2. The van der Waals surface area contributed by atoms with E-state index in [1.165, 1.54) is 29.7 Å². The van der Waals surface area contributed by atoms with Gasteiger partial charge in [-0.25, -0.2) is 5.01 Å². The molecule has 2 aliphatic heterocycles. The lowest BCUT2D eigenvalue weighted by Gasteiger charge is -2.50. The number of hydrazone groups is 1. The molecule has 1 saturated carbocycles. The fourth-order valence-electron chi connectivity index (χ4n) is 4.81. The Hall–Kier alpha value is -2.29. The zero-order valence-corrected chi connectivity index (χ0v) is 14.7. The van der Waals surface area contributed by atoms with Crippen LogP contribution in [-0.4, -0.2) is 16.4 Å². The fourth-order valence-corrected chi connectivity index (χ4v) is 4.81. The molecule has 3 aliphatic rings. The first-order valence-corrected chi connectivity index (χ1v) is 9.45. The van der Waals surface area contributed by atoms with Gasteiger partial charge in [-0.05, 0) is 24.0 Å². The molecule has 3 heteroatoms. The van der Waals surface area contributed by atoms with Crippen molar-refractivity contribution >= 4 is 5.71 Å². The van der Waals surface area contributed by atoms with Gasteiger partial charge in [0.1, 0.15) is 5.75 Å². The van der Waals surface area contributed by atoms with Gasteiger partial charge in [0.05, 0.1) is 11.8 Å². The second-order valence-corrected chi connectivity index (χ2v) is 7.76. The molecule has 0 N–H and O–H groups in total. The van der Waals surface area contributed by atoms with E-state index in [0.29, 0.717) is 12.0 Å². The van der Waals surface area contributed by atoms with Crippen molar-refractivity contribution in [3.8, 4) is 5.75 Å². The maximum Gasteiger partial charge on any atom is 0.198 e. The molecule has 0 amide bonds. The fraction of sp³-hybridized carbons (Fsp3) is 0.409. The highest BCUT2D eigenvalue weighted by molar-refractivity contribution is 6.01. The molecule has 3 atom stereocenters. The van der Waals surface area contributed by atoms with Crippen molar-refractivity contribution in [3.63, 3.8) is 0 Å². The van der Waals surface area contributed by atoms with Crippen LogP contribution >= 0.6 is 0 Å². The van der Waals surface area contributed by atoms with Gasteiger partial charge in [0.15, 0.2) is 5.72 Å². The zero-order chi connectivity index (χ0) is 16.9. The third kappa shape index (κ3) is 2.37. The largest absolute Gasteiger partial charge is 0.466 e. The van der Waals surface area contributed by atoms with Crippen molar-refractivity contribution < 1.29 is 4.74 Å². The molecule has 3 nitrogen and oxygen atoms in total. The standard InChI is InChI=1S/C22H24N2O/c1-16-8-7-13-22(15-16)24-20(18-11-5-6-12-21(18)25-22)14-19(23-24)17-9-3-2-4-10-17/h2-6,9-12,16,20H,7-8,13-15H2,1H3/t16-,20+,22+/m1/s1. The molecule has 128 valence electrons. The average molecular weight is 332 g/mol. The molecule has 0 radical (unpaired) electrons. The molecule has 1 spiro atoms. The zero-order valence-electron chi connectivity index (χ0n) is 14.7. The Kier molecular flexibility index (Phi) is 3.37. The molecule has 2 heterocycles. The predicted octanol–water partition coefficient (Wildman–Crippen LogP) is 5.14. The van der Waals surface area contributed by atoms with Crippen LogP contribution in [0.25, 0.3) is 0 Å². The normalized spacial score (nSPS) is 30.4. The molecular formula is C22H24N2O. The van der Waals surface area contributed by atoms with Gasteiger partial charge in [-0.15, -0.1) is 0 Å². The van der Waals surface area contributed by atoms with E-state index in [4.69, 9.17) is 9.84 Å². The van der Waals surface area contributed by atoms with Gasteiger partial charge < -0.3 is 4.74 Å². The van der Waals surface area contributed by atoms with Crippen LogP contribution in [0.3, 0.4) is 0 Å². The van der Waals surface area contributed by atoms with Gasteiger partial charge in [-0.1, -0.05) is 61.9 Å². The van der Waals surface area contributed by atoms with Crippen molar-refractivity contribution in [1.82, 2.24) is 5.01 Å². The molecule has 1 fully saturated rings. The highest BCUT2D eigenvalue weighted by Crippen LogP contribution is 2.51. The van der Waals surface area contributed by atoms with E-state index in [0.717, 1.165) is 25.0 Å². The summed E-state index contributed by atoms with van der Waals surface area (Å²) in [6.07, 6.45) is 5.58. The van der Waals surface area contributed by atoms with Crippen molar-refractivity contribution in [2.45, 2.75) is 50.8 Å². The lowest BCUT2D eigenvalue weighted by atomic mass is 9.81. The Morgan fingerprint density at radius 2 is 1.88 bits per heavy atom. The highest BCUT2D eigenvalue weighted by atomic mass is 16.5. The number of hydrogen-bond donors (Lipinski definition) is 0. The van der Waals surface area contributed by atoms with Crippen LogP contribution in [0, 0.1) is 5.92 Å². The Balaban J connectivity index is 1.61. The van der Waals surface area contributed by atoms with Crippen LogP contribution in [0.15, 0.2) is 59.7 Å². The molecule has 2 aromatic carbocycles. The summed E-state index contributed by atoms with van der Waals surface area (Å²) >= 11 is 0. The number of para-hydroxylation sites is 1. The van der Waals surface area contributed by atoms with Gasteiger partial charge >= 0.3 is 0 Å². The molecule has 0 saturated heterocycles. The lowest BCUT2D eigenvalue weighted by Crippen LogP contribution is -2.55. The molecule has 0 unspecified atom stereocenters. The summed E-state index contributed by atoms with van der Waals surface area (Å²) < 4.78 is 6.65. The average Bonchev–Trinajstić information content (AvgIpc) is 3.09. The Labute approximate surface area is 149 Å². The first-order chi connectivity index (χ1) is 12.3.